The van der Waals surface area contributed by atoms with Crippen molar-refractivity contribution in [3.63, 3.8) is 0 Å². The van der Waals surface area contributed by atoms with Crippen molar-refractivity contribution in [3.05, 3.63) is 19.1 Å². The third-order valence-corrected chi connectivity index (χ3v) is 2.03. The molecular formula is C10H19O2. The van der Waals surface area contributed by atoms with Gasteiger partial charge < -0.3 is 10.2 Å². The molecule has 0 fully saturated rings. The lowest BCUT2D eigenvalue weighted by Crippen LogP contribution is -2.27. The SMILES string of the molecule is [CH2]C/C=C/C(O)C(CC)C(C)O. The molecule has 0 aliphatic carbocycles. The lowest BCUT2D eigenvalue weighted by molar-refractivity contribution is 0.0441. The van der Waals surface area contributed by atoms with Crippen LogP contribution in [0.4, 0.5) is 0 Å². The minimum absolute atomic E-state index is 0.0622. The maximum Gasteiger partial charge on any atom is 0.0773 e. The topological polar surface area (TPSA) is 40.5 Å². The second kappa shape index (κ2) is 6.21. The summed E-state index contributed by atoms with van der Waals surface area (Å²) in [5, 5.41) is 18.8. The van der Waals surface area contributed by atoms with Gasteiger partial charge >= 0.3 is 0 Å². The van der Waals surface area contributed by atoms with E-state index in [2.05, 4.69) is 6.92 Å². The summed E-state index contributed by atoms with van der Waals surface area (Å²) in [5.74, 6) is -0.0622. The Balaban J connectivity index is 4.02. The van der Waals surface area contributed by atoms with Crippen molar-refractivity contribution < 1.29 is 10.2 Å². The van der Waals surface area contributed by atoms with Crippen molar-refractivity contribution in [3.8, 4) is 0 Å². The Morgan fingerprint density at radius 3 is 2.33 bits per heavy atom. The van der Waals surface area contributed by atoms with Crippen LogP contribution in [-0.2, 0) is 0 Å². The average Bonchev–Trinajstić information content (AvgIpc) is 2.01. The normalized spacial score (nSPS) is 19.4. The van der Waals surface area contributed by atoms with Crippen molar-refractivity contribution in [2.75, 3.05) is 0 Å². The molecule has 1 radical (unpaired) electrons. The Labute approximate surface area is 74.9 Å². The van der Waals surface area contributed by atoms with E-state index in [0.717, 1.165) is 6.42 Å². The van der Waals surface area contributed by atoms with Crippen LogP contribution in [0, 0.1) is 12.8 Å². The molecule has 0 saturated carbocycles. The third-order valence-electron chi connectivity index (χ3n) is 2.03. The fourth-order valence-corrected chi connectivity index (χ4v) is 1.25. The highest BCUT2D eigenvalue weighted by atomic mass is 16.3. The molecule has 2 nitrogen and oxygen atoms in total. The first-order valence-corrected chi connectivity index (χ1v) is 4.45. The van der Waals surface area contributed by atoms with Crippen molar-refractivity contribution in [2.24, 2.45) is 5.92 Å². The molecule has 0 aromatic rings. The van der Waals surface area contributed by atoms with Gasteiger partial charge in [-0.05, 0) is 26.7 Å². The summed E-state index contributed by atoms with van der Waals surface area (Å²) in [6.07, 6.45) is 3.97. The quantitative estimate of drug-likeness (QED) is 0.616. The lowest BCUT2D eigenvalue weighted by atomic mass is 9.94. The van der Waals surface area contributed by atoms with Gasteiger partial charge in [0, 0.05) is 5.92 Å². The number of aliphatic hydroxyl groups is 2. The predicted molar refractivity (Wildman–Crippen MR) is 50.6 cm³/mol. The highest BCUT2D eigenvalue weighted by Gasteiger charge is 2.19. The van der Waals surface area contributed by atoms with Gasteiger partial charge in [0.2, 0.25) is 0 Å². The monoisotopic (exact) mass is 171 g/mol. The number of hydrogen-bond acceptors (Lipinski definition) is 2. The van der Waals surface area contributed by atoms with Crippen LogP contribution in [0.15, 0.2) is 12.2 Å². The molecule has 0 heterocycles. The van der Waals surface area contributed by atoms with Gasteiger partial charge in [0.1, 0.15) is 0 Å². The molecule has 3 atom stereocenters. The first-order chi connectivity index (χ1) is 5.63. The van der Waals surface area contributed by atoms with E-state index in [1.165, 1.54) is 0 Å². The van der Waals surface area contributed by atoms with Crippen molar-refractivity contribution in [1.29, 1.82) is 0 Å². The second-order valence-corrected chi connectivity index (χ2v) is 3.02. The summed E-state index contributed by atoms with van der Waals surface area (Å²) in [7, 11) is 0. The van der Waals surface area contributed by atoms with Crippen LogP contribution in [0.3, 0.4) is 0 Å². The van der Waals surface area contributed by atoms with E-state index in [9.17, 15) is 10.2 Å². The van der Waals surface area contributed by atoms with Crippen LogP contribution in [0.1, 0.15) is 26.7 Å². The molecule has 2 N–H and O–H groups in total. The Hall–Kier alpha value is -0.340. The molecule has 3 unspecified atom stereocenters. The van der Waals surface area contributed by atoms with Crippen molar-refractivity contribution in [2.45, 2.75) is 38.9 Å². The molecule has 12 heavy (non-hydrogen) atoms. The number of hydrogen-bond donors (Lipinski definition) is 2. The molecule has 0 spiro atoms. The fraction of sp³-hybridized carbons (Fsp3) is 0.700. The number of allylic oxidation sites excluding steroid dienone is 1. The largest absolute Gasteiger partial charge is 0.393 e. The van der Waals surface area contributed by atoms with Crippen molar-refractivity contribution >= 4 is 0 Å². The standard InChI is InChI=1S/C10H19O2/c1-4-6-7-10(12)9(5-2)8(3)11/h6-12H,1,4-5H2,2-3H3/b7-6+. The summed E-state index contributed by atoms with van der Waals surface area (Å²) in [4.78, 5) is 0. The van der Waals surface area contributed by atoms with Gasteiger partial charge in [-0.3, -0.25) is 0 Å². The van der Waals surface area contributed by atoms with Gasteiger partial charge in [-0.25, -0.2) is 0 Å². The number of aliphatic hydroxyl groups excluding tert-OH is 2. The van der Waals surface area contributed by atoms with Crippen LogP contribution in [0.25, 0.3) is 0 Å². The Morgan fingerprint density at radius 2 is 2.00 bits per heavy atom. The zero-order valence-corrected chi connectivity index (χ0v) is 7.90. The molecule has 0 amide bonds. The smallest absolute Gasteiger partial charge is 0.0773 e. The zero-order chi connectivity index (χ0) is 9.56. The number of rotatable bonds is 5. The molecule has 2 heteroatoms. The van der Waals surface area contributed by atoms with Gasteiger partial charge in [-0.1, -0.05) is 19.1 Å². The van der Waals surface area contributed by atoms with E-state index in [4.69, 9.17) is 0 Å². The van der Waals surface area contributed by atoms with E-state index in [0.29, 0.717) is 6.42 Å². The maximum absolute atomic E-state index is 9.54. The van der Waals surface area contributed by atoms with Gasteiger partial charge in [-0.2, -0.15) is 0 Å². The molecule has 0 aromatic carbocycles. The van der Waals surface area contributed by atoms with Crippen molar-refractivity contribution in [1.82, 2.24) is 0 Å². The van der Waals surface area contributed by atoms with Crippen LogP contribution in [-0.4, -0.2) is 22.4 Å². The Kier molecular flexibility index (Phi) is 6.03. The average molecular weight is 171 g/mol. The summed E-state index contributed by atoms with van der Waals surface area (Å²) < 4.78 is 0. The first kappa shape index (κ1) is 11.7. The van der Waals surface area contributed by atoms with E-state index in [-0.39, 0.29) is 5.92 Å². The molecule has 0 aromatic heterocycles. The second-order valence-electron chi connectivity index (χ2n) is 3.02. The molecule has 0 saturated heterocycles. The Morgan fingerprint density at radius 1 is 1.42 bits per heavy atom. The van der Waals surface area contributed by atoms with Crippen LogP contribution in [0.2, 0.25) is 0 Å². The summed E-state index contributed by atoms with van der Waals surface area (Å²) in [6, 6.07) is 0. The molecular weight excluding hydrogens is 152 g/mol. The summed E-state index contributed by atoms with van der Waals surface area (Å²) in [5.41, 5.74) is 0. The van der Waals surface area contributed by atoms with Gasteiger partial charge in [0.05, 0.1) is 12.2 Å². The highest BCUT2D eigenvalue weighted by molar-refractivity contribution is 4.93. The van der Waals surface area contributed by atoms with Gasteiger partial charge in [-0.15, -0.1) is 0 Å². The van der Waals surface area contributed by atoms with Crippen LogP contribution in [0.5, 0.6) is 0 Å². The zero-order valence-electron chi connectivity index (χ0n) is 7.90. The van der Waals surface area contributed by atoms with Crippen LogP contribution >= 0.6 is 0 Å². The van der Waals surface area contributed by atoms with E-state index in [1.807, 2.05) is 13.0 Å². The summed E-state index contributed by atoms with van der Waals surface area (Å²) in [6.45, 7) is 7.29. The highest BCUT2D eigenvalue weighted by Crippen LogP contribution is 2.14. The fourth-order valence-electron chi connectivity index (χ4n) is 1.25. The molecule has 0 rings (SSSR count). The molecule has 0 aliphatic rings. The van der Waals surface area contributed by atoms with E-state index < -0.39 is 12.2 Å². The third kappa shape index (κ3) is 3.88. The predicted octanol–water partition coefficient (Wildman–Crippen LogP) is 1.53. The van der Waals surface area contributed by atoms with Crippen LogP contribution < -0.4 is 0 Å². The summed E-state index contributed by atoms with van der Waals surface area (Å²) >= 11 is 0. The Bertz CT molecular complexity index is 130. The van der Waals surface area contributed by atoms with Gasteiger partial charge in [0.25, 0.3) is 0 Å². The molecule has 0 aliphatic heterocycles. The molecule has 71 valence electrons. The first-order valence-electron chi connectivity index (χ1n) is 4.45. The molecule has 0 bridgehead atoms. The maximum atomic E-state index is 9.54. The van der Waals surface area contributed by atoms with E-state index in [1.54, 1.807) is 13.0 Å². The minimum atomic E-state index is -0.545. The van der Waals surface area contributed by atoms with Gasteiger partial charge in [0.15, 0.2) is 0 Å². The minimum Gasteiger partial charge on any atom is -0.393 e. The van der Waals surface area contributed by atoms with E-state index >= 15 is 0 Å². The lowest BCUT2D eigenvalue weighted by Gasteiger charge is -2.21.